The van der Waals surface area contributed by atoms with E-state index in [0.717, 1.165) is 38.2 Å². The second-order valence-corrected chi connectivity index (χ2v) is 5.71. The lowest BCUT2D eigenvalue weighted by Gasteiger charge is -2.27. The van der Waals surface area contributed by atoms with Gasteiger partial charge in [-0.2, -0.15) is 0 Å². The third-order valence-corrected chi connectivity index (χ3v) is 4.28. The van der Waals surface area contributed by atoms with Crippen molar-refractivity contribution in [2.45, 2.75) is 38.6 Å². The van der Waals surface area contributed by atoms with Crippen LogP contribution in [0.3, 0.4) is 0 Å². The van der Waals surface area contributed by atoms with E-state index in [1.165, 1.54) is 5.56 Å². The van der Waals surface area contributed by atoms with E-state index in [4.69, 9.17) is 4.74 Å². The third-order valence-electron chi connectivity index (χ3n) is 4.28. The second kappa shape index (κ2) is 5.33. The van der Waals surface area contributed by atoms with Gasteiger partial charge in [0.15, 0.2) is 0 Å². The molecule has 0 bridgehead atoms. The molecular formula is C16H21NO2. The first-order valence-corrected chi connectivity index (χ1v) is 7.23. The third kappa shape index (κ3) is 2.52. The maximum atomic E-state index is 12.6. The molecule has 102 valence electrons. The zero-order valence-electron chi connectivity index (χ0n) is 11.5. The van der Waals surface area contributed by atoms with Crippen LogP contribution < -0.4 is 4.90 Å². The van der Waals surface area contributed by atoms with Crippen molar-refractivity contribution < 1.29 is 9.53 Å². The summed E-state index contributed by atoms with van der Waals surface area (Å²) in [5.41, 5.74) is 2.42. The zero-order valence-corrected chi connectivity index (χ0v) is 11.5. The van der Waals surface area contributed by atoms with E-state index in [0.29, 0.717) is 18.4 Å². The highest BCUT2D eigenvalue weighted by molar-refractivity contribution is 5.96. The number of fused-ring (bicyclic) bond motifs is 1. The maximum absolute atomic E-state index is 12.6. The number of hydrogen-bond donors (Lipinski definition) is 0. The summed E-state index contributed by atoms with van der Waals surface area (Å²) in [5.74, 6) is 0.783. The fourth-order valence-electron chi connectivity index (χ4n) is 3.24. The quantitative estimate of drug-likeness (QED) is 0.817. The Morgan fingerprint density at radius 3 is 2.84 bits per heavy atom. The summed E-state index contributed by atoms with van der Waals surface area (Å²) in [6, 6.07) is 8.57. The normalized spacial score (nSPS) is 23.4. The number of rotatable bonds is 2. The van der Waals surface area contributed by atoms with Crippen LogP contribution in [0.4, 0.5) is 5.69 Å². The van der Waals surface area contributed by atoms with Gasteiger partial charge in [-0.05, 0) is 43.7 Å². The van der Waals surface area contributed by atoms with E-state index in [9.17, 15) is 4.79 Å². The summed E-state index contributed by atoms with van der Waals surface area (Å²) in [6.45, 7) is 3.76. The van der Waals surface area contributed by atoms with Crippen molar-refractivity contribution >= 4 is 11.6 Å². The molecular weight excluding hydrogens is 238 g/mol. The van der Waals surface area contributed by atoms with E-state index in [-0.39, 0.29) is 5.91 Å². The lowest BCUT2D eigenvalue weighted by atomic mass is 9.96. The average molecular weight is 259 g/mol. The molecule has 1 amide bonds. The molecule has 3 nitrogen and oxygen atoms in total. The van der Waals surface area contributed by atoms with Gasteiger partial charge in [0.2, 0.25) is 5.91 Å². The number of benzene rings is 1. The highest BCUT2D eigenvalue weighted by Gasteiger charge is 2.31. The lowest BCUT2D eigenvalue weighted by Crippen LogP contribution is -2.37. The fourth-order valence-corrected chi connectivity index (χ4v) is 3.24. The molecule has 1 aromatic carbocycles. The Morgan fingerprint density at radius 2 is 2.05 bits per heavy atom. The first-order valence-electron chi connectivity index (χ1n) is 7.23. The minimum atomic E-state index is 0.282. The second-order valence-electron chi connectivity index (χ2n) is 5.71. The highest BCUT2D eigenvalue weighted by Crippen LogP contribution is 2.33. The van der Waals surface area contributed by atoms with Crippen molar-refractivity contribution in [2.75, 3.05) is 18.1 Å². The predicted molar refractivity (Wildman–Crippen MR) is 75.3 cm³/mol. The van der Waals surface area contributed by atoms with Crippen LogP contribution in [0.2, 0.25) is 0 Å². The van der Waals surface area contributed by atoms with Crippen LogP contribution in [0.25, 0.3) is 0 Å². The van der Waals surface area contributed by atoms with Crippen LogP contribution in [-0.4, -0.2) is 25.2 Å². The first-order chi connectivity index (χ1) is 9.25. The molecule has 1 saturated heterocycles. The number of para-hydroxylation sites is 1. The summed E-state index contributed by atoms with van der Waals surface area (Å²) in [7, 11) is 0. The number of carbonyl (C=O) groups is 1. The Labute approximate surface area is 114 Å². The summed E-state index contributed by atoms with van der Waals surface area (Å²) in [5, 5.41) is 0. The van der Waals surface area contributed by atoms with E-state index >= 15 is 0 Å². The zero-order chi connectivity index (χ0) is 13.2. The molecule has 3 heteroatoms. The average Bonchev–Trinajstić information content (AvgIpc) is 2.75. The maximum Gasteiger partial charge on any atom is 0.227 e. The van der Waals surface area contributed by atoms with Crippen molar-refractivity contribution in [3.8, 4) is 0 Å². The van der Waals surface area contributed by atoms with Gasteiger partial charge in [-0.1, -0.05) is 18.2 Å². The first kappa shape index (κ1) is 12.7. The molecule has 0 saturated carbocycles. The summed E-state index contributed by atoms with van der Waals surface area (Å²) in [4.78, 5) is 14.6. The Kier molecular flexibility index (Phi) is 3.56. The van der Waals surface area contributed by atoms with E-state index in [1.807, 2.05) is 11.0 Å². The van der Waals surface area contributed by atoms with Crippen LogP contribution in [0, 0.1) is 5.92 Å². The Bertz CT molecular complexity index is 466. The molecule has 1 unspecified atom stereocenters. The summed E-state index contributed by atoms with van der Waals surface area (Å²) >= 11 is 0. The molecule has 19 heavy (non-hydrogen) atoms. The SMILES string of the molecule is CC1Cc2ccccc2N1C(=O)CC1CCOCC1. The number of nitrogens with zero attached hydrogens (tertiary/aromatic N) is 1. The van der Waals surface area contributed by atoms with Gasteiger partial charge in [0, 0.05) is 31.4 Å². The monoisotopic (exact) mass is 259 g/mol. The Hall–Kier alpha value is -1.35. The van der Waals surface area contributed by atoms with Crippen molar-refractivity contribution in [3.63, 3.8) is 0 Å². The molecule has 1 fully saturated rings. The predicted octanol–water partition coefficient (Wildman–Crippen LogP) is 2.78. The van der Waals surface area contributed by atoms with Crippen molar-refractivity contribution in [3.05, 3.63) is 29.8 Å². The van der Waals surface area contributed by atoms with E-state index in [1.54, 1.807) is 0 Å². The molecule has 1 aromatic rings. The number of hydrogen-bond acceptors (Lipinski definition) is 2. The van der Waals surface area contributed by atoms with Crippen LogP contribution in [0.1, 0.15) is 31.7 Å². The van der Waals surface area contributed by atoms with Gasteiger partial charge in [-0.15, -0.1) is 0 Å². The molecule has 0 N–H and O–H groups in total. The molecule has 0 aromatic heterocycles. The van der Waals surface area contributed by atoms with Crippen molar-refractivity contribution in [2.24, 2.45) is 5.92 Å². The van der Waals surface area contributed by atoms with Crippen LogP contribution in [0.5, 0.6) is 0 Å². The van der Waals surface area contributed by atoms with Gasteiger partial charge in [0.25, 0.3) is 0 Å². The number of anilines is 1. The lowest BCUT2D eigenvalue weighted by molar-refractivity contribution is -0.120. The molecule has 0 spiro atoms. The van der Waals surface area contributed by atoms with Gasteiger partial charge in [0.1, 0.15) is 0 Å². The smallest absolute Gasteiger partial charge is 0.227 e. The van der Waals surface area contributed by atoms with Gasteiger partial charge < -0.3 is 9.64 Å². The molecule has 1 atom stereocenters. The summed E-state index contributed by atoms with van der Waals surface area (Å²) in [6.07, 6.45) is 3.70. The van der Waals surface area contributed by atoms with Gasteiger partial charge in [0.05, 0.1) is 0 Å². The number of ether oxygens (including phenoxy) is 1. The van der Waals surface area contributed by atoms with Crippen LogP contribution in [0.15, 0.2) is 24.3 Å². The van der Waals surface area contributed by atoms with Gasteiger partial charge in [-0.3, -0.25) is 4.79 Å². The van der Waals surface area contributed by atoms with Gasteiger partial charge in [-0.25, -0.2) is 0 Å². The molecule has 2 aliphatic heterocycles. The van der Waals surface area contributed by atoms with Crippen LogP contribution >= 0.6 is 0 Å². The minimum Gasteiger partial charge on any atom is -0.381 e. The van der Waals surface area contributed by atoms with E-state index in [2.05, 4.69) is 25.1 Å². The molecule has 3 rings (SSSR count). The van der Waals surface area contributed by atoms with Gasteiger partial charge >= 0.3 is 0 Å². The topological polar surface area (TPSA) is 29.5 Å². The molecule has 2 aliphatic rings. The molecule has 0 radical (unpaired) electrons. The van der Waals surface area contributed by atoms with Crippen molar-refractivity contribution in [1.29, 1.82) is 0 Å². The van der Waals surface area contributed by atoms with E-state index < -0.39 is 0 Å². The molecule has 2 heterocycles. The number of amides is 1. The Balaban J connectivity index is 1.72. The largest absolute Gasteiger partial charge is 0.381 e. The number of carbonyl (C=O) groups excluding carboxylic acids is 1. The highest BCUT2D eigenvalue weighted by atomic mass is 16.5. The van der Waals surface area contributed by atoms with Crippen LogP contribution in [-0.2, 0) is 16.0 Å². The fraction of sp³-hybridized carbons (Fsp3) is 0.562. The minimum absolute atomic E-state index is 0.282. The Morgan fingerprint density at radius 1 is 1.32 bits per heavy atom. The molecule has 0 aliphatic carbocycles. The standard InChI is InChI=1S/C16H21NO2/c1-12-10-14-4-2-3-5-15(14)17(12)16(18)11-13-6-8-19-9-7-13/h2-5,12-13H,6-11H2,1H3. The van der Waals surface area contributed by atoms with Crippen molar-refractivity contribution in [1.82, 2.24) is 0 Å². The summed E-state index contributed by atoms with van der Waals surface area (Å²) < 4.78 is 5.36.